The highest BCUT2D eigenvalue weighted by Crippen LogP contribution is 2.20. The van der Waals surface area contributed by atoms with Gasteiger partial charge in [0.15, 0.2) is 11.0 Å². The maximum absolute atomic E-state index is 5.94. The monoisotopic (exact) mass is 284 g/mol. The van der Waals surface area contributed by atoms with Crippen LogP contribution in [0.4, 0.5) is 5.82 Å². The number of nitrogens with one attached hydrogen (secondary N) is 1. The Morgan fingerprint density at radius 1 is 1.37 bits per heavy atom. The van der Waals surface area contributed by atoms with Crippen LogP contribution < -0.4 is 5.32 Å². The molecule has 5 nitrogen and oxygen atoms in total. The van der Waals surface area contributed by atoms with Gasteiger partial charge in [-0.1, -0.05) is 18.5 Å². The minimum absolute atomic E-state index is 0.200. The molecule has 2 rings (SSSR count). The minimum Gasteiger partial charge on any atom is -0.374 e. The van der Waals surface area contributed by atoms with Gasteiger partial charge < -0.3 is 10.1 Å². The fourth-order valence-electron chi connectivity index (χ4n) is 2.15. The molecule has 1 aliphatic rings. The number of hydrogen-bond acceptors (Lipinski definition) is 5. The molecule has 0 saturated carbocycles. The van der Waals surface area contributed by atoms with E-state index in [0.717, 1.165) is 49.7 Å². The van der Waals surface area contributed by atoms with Crippen molar-refractivity contribution in [3.8, 4) is 0 Å². The standard InChI is InChI=1S/C13H21ClN4O/c1-4-18-5-6-19-11(8-18)7-15-13-10(3)9(2)12(14)16-17-13/h11H,4-8H2,1-3H3,(H,15,17). The van der Waals surface area contributed by atoms with Crippen molar-refractivity contribution in [2.45, 2.75) is 26.9 Å². The summed E-state index contributed by atoms with van der Waals surface area (Å²) in [5, 5.41) is 11.8. The van der Waals surface area contributed by atoms with Crippen LogP contribution in [-0.4, -0.2) is 54.0 Å². The summed E-state index contributed by atoms with van der Waals surface area (Å²) >= 11 is 5.94. The molecular formula is C13H21ClN4O. The summed E-state index contributed by atoms with van der Waals surface area (Å²) in [6.07, 6.45) is 0.200. The van der Waals surface area contributed by atoms with Crippen molar-refractivity contribution in [1.82, 2.24) is 15.1 Å². The minimum atomic E-state index is 0.200. The molecule has 19 heavy (non-hydrogen) atoms. The summed E-state index contributed by atoms with van der Waals surface area (Å²) < 4.78 is 5.75. The third-order valence-corrected chi connectivity index (χ3v) is 3.99. The molecule has 106 valence electrons. The van der Waals surface area contributed by atoms with Crippen molar-refractivity contribution in [2.24, 2.45) is 0 Å². The smallest absolute Gasteiger partial charge is 0.155 e. The first-order valence-electron chi connectivity index (χ1n) is 6.69. The van der Waals surface area contributed by atoms with E-state index in [-0.39, 0.29) is 6.10 Å². The van der Waals surface area contributed by atoms with Crippen molar-refractivity contribution in [1.29, 1.82) is 0 Å². The van der Waals surface area contributed by atoms with Crippen LogP contribution >= 0.6 is 11.6 Å². The van der Waals surface area contributed by atoms with Crippen LogP contribution in [0.2, 0.25) is 5.15 Å². The molecule has 1 aromatic rings. The van der Waals surface area contributed by atoms with Crippen molar-refractivity contribution >= 4 is 17.4 Å². The number of halogens is 1. The van der Waals surface area contributed by atoms with E-state index >= 15 is 0 Å². The first-order chi connectivity index (χ1) is 9.11. The second-order valence-corrected chi connectivity index (χ2v) is 5.21. The van der Waals surface area contributed by atoms with Gasteiger partial charge in [-0.25, -0.2) is 0 Å². The van der Waals surface area contributed by atoms with Crippen LogP contribution in [-0.2, 0) is 4.74 Å². The molecule has 0 aromatic carbocycles. The van der Waals surface area contributed by atoms with Crippen LogP contribution in [0.1, 0.15) is 18.1 Å². The first kappa shape index (κ1) is 14.5. The first-order valence-corrected chi connectivity index (χ1v) is 7.06. The van der Waals surface area contributed by atoms with Gasteiger partial charge >= 0.3 is 0 Å². The molecule has 1 aliphatic heterocycles. The molecule has 6 heteroatoms. The van der Waals surface area contributed by atoms with Crippen molar-refractivity contribution in [3.63, 3.8) is 0 Å². The van der Waals surface area contributed by atoms with Gasteiger partial charge in [0.05, 0.1) is 12.7 Å². The van der Waals surface area contributed by atoms with Gasteiger partial charge in [-0.05, 0) is 31.5 Å². The molecule has 0 bridgehead atoms. The van der Waals surface area contributed by atoms with Crippen LogP contribution in [0.15, 0.2) is 0 Å². The van der Waals surface area contributed by atoms with Crippen molar-refractivity contribution in [3.05, 3.63) is 16.3 Å². The Hall–Kier alpha value is -0.910. The fraction of sp³-hybridized carbons (Fsp3) is 0.692. The van der Waals surface area contributed by atoms with Crippen LogP contribution in [0.5, 0.6) is 0 Å². The van der Waals surface area contributed by atoms with E-state index in [9.17, 15) is 0 Å². The number of likely N-dealkylation sites (N-methyl/N-ethyl adjacent to an activating group) is 1. The third-order valence-electron chi connectivity index (χ3n) is 3.63. The number of hydrogen-bond donors (Lipinski definition) is 1. The molecule has 2 heterocycles. The van der Waals surface area contributed by atoms with Gasteiger partial charge in [0.25, 0.3) is 0 Å². The van der Waals surface area contributed by atoms with E-state index in [1.807, 2.05) is 13.8 Å². The van der Waals surface area contributed by atoms with Crippen molar-refractivity contribution < 1.29 is 4.74 Å². The molecular weight excluding hydrogens is 264 g/mol. The van der Waals surface area contributed by atoms with Crippen LogP contribution in [0.3, 0.4) is 0 Å². The van der Waals surface area contributed by atoms with Gasteiger partial charge in [0, 0.05) is 19.6 Å². The highest BCUT2D eigenvalue weighted by molar-refractivity contribution is 6.30. The molecule has 1 unspecified atom stereocenters. The van der Waals surface area contributed by atoms with E-state index in [2.05, 4.69) is 27.3 Å². The lowest BCUT2D eigenvalue weighted by molar-refractivity contribution is -0.0192. The molecule has 0 amide bonds. The topological polar surface area (TPSA) is 50.3 Å². The number of rotatable bonds is 4. The summed E-state index contributed by atoms with van der Waals surface area (Å²) in [6.45, 7) is 10.7. The van der Waals surface area contributed by atoms with Crippen molar-refractivity contribution in [2.75, 3.05) is 38.1 Å². The van der Waals surface area contributed by atoms with Gasteiger partial charge in [-0.3, -0.25) is 4.90 Å². The third kappa shape index (κ3) is 3.55. The number of aromatic nitrogens is 2. The molecule has 1 saturated heterocycles. The summed E-state index contributed by atoms with van der Waals surface area (Å²) in [4.78, 5) is 2.39. The van der Waals surface area contributed by atoms with Gasteiger partial charge in [-0.15, -0.1) is 10.2 Å². The summed E-state index contributed by atoms with van der Waals surface area (Å²) in [5.74, 6) is 0.791. The van der Waals surface area contributed by atoms with E-state index < -0.39 is 0 Å². The summed E-state index contributed by atoms with van der Waals surface area (Å²) in [7, 11) is 0. The highest BCUT2D eigenvalue weighted by atomic mass is 35.5. The predicted octanol–water partition coefficient (Wildman–Crippen LogP) is 1.88. The average molecular weight is 285 g/mol. The molecule has 0 spiro atoms. The molecule has 1 aromatic heterocycles. The van der Waals surface area contributed by atoms with Gasteiger partial charge in [0.2, 0.25) is 0 Å². The SMILES string of the molecule is CCN1CCOC(CNc2nnc(Cl)c(C)c2C)C1. The molecule has 1 N–H and O–H groups in total. The fourth-order valence-corrected chi connectivity index (χ4v) is 2.33. The zero-order chi connectivity index (χ0) is 13.8. The average Bonchev–Trinajstić information content (AvgIpc) is 2.44. The zero-order valence-electron chi connectivity index (χ0n) is 11.7. The molecule has 1 atom stereocenters. The second-order valence-electron chi connectivity index (χ2n) is 4.86. The normalized spacial score (nSPS) is 20.5. The van der Waals surface area contributed by atoms with E-state index in [1.165, 1.54) is 0 Å². The maximum Gasteiger partial charge on any atom is 0.155 e. The number of anilines is 1. The Morgan fingerprint density at radius 3 is 2.89 bits per heavy atom. The largest absolute Gasteiger partial charge is 0.374 e. The van der Waals surface area contributed by atoms with E-state index in [4.69, 9.17) is 16.3 Å². The van der Waals surface area contributed by atoms with Crippen LogP contribution in [0.25, 0.3) is 0 Å². The number of ether oxygens (including phenoxy) is 1. The summed E-state index contributed by atoms with van der Waals surface area (Å²) in [6, 6.07) is 0. The van der Waals surface area contributed by atoms with Gasteiger partial charge in [0.1, 0.15) is 0 Å². The lowest BCUT2D eigenvalue weighted by atomic mass is 10.2. The summed E-state index contributed by atoms with van der Waals surface area (Å²) in [5.41, 5.74) is 2.02. The van der Waals surface area contributed by atoms with E-state index in [1.54, 1.807) is 0 Å². The van der Waals surface area contributed by atoms with Crippen LogP contribution in [0, 0.1) is 13.8 Å². The Morgan fingerprint density at radius 2 is 2.16 bits per heavy atom. The highest BCUT2D eigenvalue weighted by Gasteiger charge is 2.19. The lowest BCUT2D eigenvalue weighted by Gasteiger charge is -2.32. The Bertz CT molecular complexity index is 441. The Balaban J connectivity index is 1.93. The van der Waals surface area contributed by atoms with Gasteiger partial charge in [-0.2, -0.15) is 0 Å². The lowest BCUT2D eigenvalue weighted by Crippen LogP contribution is -2.45. The van der Waals surface area contributed by atoms with E-state index in [0.29, 0.717) is 5.15 Å². The number of nitrogens with zero attached hydrogens (tertiary/aromatic N) is 3. The maximum atomic E-state index is 5.94. The predicted molar refractivity (Wildman–Crippen MR) is 76.9 cm³/mol. The molecule has 0 radical (unpaired) electrons. The quantitative estimate of drug-likeness (QED) is 0.915. The zero-order valence-corrected chi connectivity index (χ0v) is 12.5. The second kappa shape index (κ2) is 6.50. The molecule has 0 aliphatic carbocycles. The Labute approximate surface area is 119 Å². The number of morpholine rings is 1. The molecule has 1 fully saturated rings. The Kier molecular flexibility index (Phi) is 4.96.